The summed E-state index contributed by atoms with van der Waals surface area (Å²) in [5, 5.41) is 10.3. The molecule has 0 aromatic heterocycles. The molecule has 0 amide bonds. The minimum Gasteiger partial charge on any atom is -0.388 e. The molecular formula is C16H25BrN2O. The van der Waals surface area contributed by atoms with Crippen LogP contribution < -0.4 is 0 Å². The minimum atomic E-state index is -0.381. The molecule has 1 aromatic carbocycles. The van der Waals surface area contributed by atoms with E-state index in [4.69, 9.17) is 0 Å². The predicted molar refractivity (Wildman–Crippen MR) is 86.9 cm³/mol. The number of nitrogens with zero attached hydrogens (tertiary/aromatic N) is 2. The average Bonchev–Trinajstić information content (AvgIpc) is 2.45. The van der Waals surface area contributed by atoms with Gasteiger partial charge in [-0.2, -0.15) is 0 Å². The molecule has 1 atom stereocenters. The van der Waals surface area contributed by atoms with Crippen LogP contribution >= 0.6 is 15.9 Å². The normalized spacial score (nSPS) is 19.4. The highest BCUT2D eigenvalue weighted by atomic mass is 79.9. The van der Waals surface area contributed by atoms with Crippen molar-refractivity contribution in [3.8, 4) is 0 Å². The first-order valence-electron chi connectivity index (χ1n) is 7.47. The minimum absolute atomic E-state index is 0.381. The highest BCUT2D eigenvalue weighted by Gasteiger charge is 2.19. The zero-order chi connectivity index (χ0) is 14.5. The van der Waals surface area contributed by atoms with E-state index in [1.807, 2.05) is 24.3 Å². The molecule has 1 fully saturated rings. The summed E-state index contributed by atoms with van der Waals surface area (Å²) >= 11 is 3.51. The van der Waals surface area contributed by atoms with Gasteiger partial charge in [-0.1, -0.05) is 34.1 Å². The molecule has 1 aliphatic heterocycles. The van der Waals surface area contributed by atoms with E-state index in [2.05, 4.69) is 39.6 Å². The van der Waals surface area contributed by atoms with Crippen molar-refractivity contribution in [3.05, 3.63) is 34.3 Å². The summed E-state index contributed by atoms with van der Waals surface area (Å²) in [6.07, 6.45) is 0.415. The van der Waals surface area contributed by atoms with Gasteiger partial charge in [0.25, 0.3) is 0 Å². The Morgan fingerprint density at radius 2 is 1.80 bits per heavy atom. The summed E-state index contributed by atoms with van der Waals surface area (Å²) in [6, 6.07) is 8.57. The first kappa shape index (κ1) is 16.0. The van der Waals surface area contributed by atoms with Crippen LogP contribution in [0.1, 0.15) is 31.9 Å². The van der Waals surface area contributed by atoms with E-state index in [0.29, 0.717) is 6.04 Å². The maximum absolute atomic E-state index is 10.3. The molecule has 0 aliphatic carbocycles. The standard InChI is InChI=1S/C16H25BrN2O/c1-13(2)19-11-9-18(10-12-19)8-7-16(20)14-5-3-4-6-15(14)17/h3-6,13,16,20H,7-12H2,1-2H3. The first-order valence-corrected chi connectivity index (χ1v) is 8.26. The Bertz CT molecular complexity index is 417. The third-order valence-corrected chi connectivity index (χ3v) is 4.84. The Morgan fingerprint density at radius 3 is 2.40 bits per heavy atom. The van der Waals surface area contributed by atoms with Crippen molar-refractivity contribution < 1.29 is 5.11 Å². The molecule has 1 heterocycles. The summed E-state index contributed by atoms with van der Waals surface area (Å²) in [5.74, 6) is 0. The van der Waals surface area contributed by atoms with Crippen LogP contribution in [0.3, 0.4) is 0 Å². The number of hydrogen-bond donors (Lipinski definition) is 1. The van der Waals surface area contributed by atoms with Gasteiger partial charge in [-0.3, -0.25) is 4.90 Å². The smallest absolute Gasteiger partial charge is 0.0813 e. The van der Waals surface area contributed by atoms with E-state index in [1.54, 1.807) is 0 Å². The Hall–Kier alpha value is -0.420. The SMILES string of the molecule is CC(C)N1CCN(CCC(O)c2ccccc2Br)CC1. The van der Waals surface area contributed by atoms with Crippen molar-refractivity contribution in [1.82, 2.24) is 9.80 Å². The van der Waals surface area contributed by atoms with Gasteiger partial charge in [0.05, 0.1) is 6.10 Å². The summed E-state index contributed by atoms with van der Waals surface area (Å²) in [7, 11) is 0. The van der Waals surface area contributed by atoms with Crippen LogP contribution in [0.5, 0.6) is 0 Å². The lowest BCUT2D eigenvalue weighted by atomic mass is 10.1. The largest absolute Gasteiger partial charge is 0.388 e. The number of aliphatic hydroxyl groups is 1. The number of hydrogen-bond acceptors (Lipinski definition) is 3. The molecule has 0 radical (unpaired) electrons. The third kappa shape index (κ3) is 4.29. The molecule has 1 saturated heterocycles. The van der Waals surface area contributed by atoms with Crippen molar-refractivity contribution in [1.29, 1.82) is 0 Å². The number of aliphatic hydroxyl groups excluding tert-OH is 1. The molecule has 20 heavy (non-hydrogen) atoms. The van der Waals surface area contributed by atoms with Crippen LogP contribution in [-0.2, 0) is 0 Å². The molecule has 1 aliphatic rings. The van der Waals surface area contributed by atoms with Crippen LogP contribution in [0.25, 0.3) is 0 Å². The highest BCUT2D eigenvalue weighted by molar-refractivity contribution is 9.10. The van der Waals surface area contributed by atoms with Gasteiger partial charge in [0.2, 0.25) is 0 Å². The van der Waals surface area contributed by atoms with Crippen LogP contribution in [0.2, 0.25) is 0 Å². The van der Waals surface area contributed by atoms with Crippen LogP contribution in [0, 0.1) is 0 Å². The number of halogens is 1. The fourth-order valence-electron chi connectivity index (χ4n) is 2.71. The van der Waals surface area contributed by atoms with E-state index in [1.165, 1.54) is 0 Å². The predicted octanol–water partition coefficient (Wildman–Crippen LogP) is 2.90. The zero-order valence-corrected chi connectivity index (χ0v) is 14.0. The Balaban J connectivity index is 1.78. The summed E-state index contributed by atoms with van der Waals surface area (Å²) < 4.78 is 0.997. The van der Waals surface area contributed by atoms with Gasteiger partial charge in [0.1, 0.15) is 0 Å². The Kier molecular flexibility index (Phi) is 6.02. The molecule has 2 rings (SSSR count). The van der Waals surface area contributed by atoms with E-state index >= 15 is 0 Å². The van der Waals surface area contributed by atoms with E-state index in [9.17, 15) is 5.11 Å². The summed E-state index contributed by atoms with van der Waals surface area (Å²) in [4.78, 5) is 4.97. The van der Waals surface area contributed by atoms with E-state index < -0.39 is 0 Å². The van der Waals surface area contributed by atoms with Gasteiger partial charge in [-0.15, -0.1) is 0 Å². The molecule has 1 unspecified atom stereocenters. The topological polar surface area (TPSA) is 26.7 Å². The second kappa shape index (κ2) is 7.55. The van der Waals surface area contributed by atoms with E-state index in [-0.39, 0.29) is 6.10 Å². The van der Waals surface area contributed by atoms with Crippen molar-refractivity contribution in [2.75, 3.05) is 32.7 Å². The highest BCUT2D eigenvalue weighted by Crippen LogP contribution is 2.25. The van der Waals surface area contributed by atoms with Gasteiger partial charge in [-0.05, 0) is 31.9 Å². The van der Waals surface area contributed by atoms with Crippen LogP contribution in [-0.4, -0.2) is 53.7 Å². The Labute approximate surface area is 130 Å². The molecule has 1 N–H and O–H groups in total. The van der Waals surface area contributed by atoms with E-state index in [0.717, 1.165) is 49.2 Å². The van der Waals surface area contributed by atoms with Crippen molar-refractivity contribution in [2.45, 2.75) is 32.4 Å². The lowest BCUT2D eigenvalue weighted by molar-refractivity contribution is 0.0880. The molecule has 1 aromatic rings. The van der Waals surface area contributed by atoms with Crippen LogP contribution in [0.4, 0.5) is 0 Å². The molecule has 0 saturated carbocycles. The van der Waals surface area contributed by atoms with Crippen molar-refractivity contribution in [3.63, 3.8) is 0 Å². The number of benzene rings is 1. The third-order valence-electron chi connectivity index (χ3n) is 4.12. The number of rotatable bonds is 5. The summed E-state index contributed by atoms with van der Waals surface area (Å²) in [5.41, 5.74) is 0.994. The fourth-order valence-corrected chi connectivity index (χ4v) is 3.26. The quantitative estimate of drug-likeness (QED) is 0.892. The average molecular weight is 341 g/mol. The molecule has 0 spiro atoms. The number of piperazine rings is 1. The lowest BCUT2D eigenvalue weighted by Gasteiger charge is -2.37. The van der Waals surface area contributed by atoms with Gasteiger partial charge >= 0.3 is 0 Å². The van der Waals surface area contributed by atoms with Gasteiger partial charge in [0, 0.05) is 43.2 Å². The van der Waals surface area contributed by atoms with Crippen molar-refractivity contribution in [2.24, 2.45) is 0 Å². The fraction of sp³-hybridized carbons (Fsp3) is 0.625. The van der Waals surface area contributed by atoms with Gasteiger partial charge in [-0.25, -0.2) is 0 Å². The molecule has 0 bridgehead atoms. The second-order valence-electron chi connectivity index (χ2n) is 5.80. The van der Waals surface area contributed by atoms with Gasteiger partial charge in [0.15, 0.2) is 0 Å². The molecule has 3 nitrogen and oxygen atoms in total. The van der Waals surface area contributed by atoms with Crippen LogP contribution in [0.15, 0.2) is 28.7 Å². The monoisotopic (exact) mass is 340 g/mol. The lowest BCUT2D eigenvalue weighted by Crippen LogP contribution is -2.49. The van der Waals surface area contributed by atoms with Crippen molar-refractivity contribution >= 4 is 15.9 Å². The first-order chi connectivity index (χ1) is 9.58. The summed E-state index contributed by atoms with van der Waals surface area (Å²) in [6.45, 7) is 9.99. The maximum atomic E-state index is 10.3. The Morgan fingerprint density at radius 1 is 1.15 bits per heavy atom. The maximum Gasteiger partial charge on any atom is 0.0813 e. The second-order valence-corrected chi connectivity index (χ2v) is 6.65. The van der Waals surface area contributed by atoms with Gasteiger partial charge < -0.3 is 10.0 Å². The molecule has 4 heteroatoms. The molecular weight excluding hydrogens is 316 g/mol. The zero-order valence-electron chi connectivity index (χ0n) is 12.4. The molecule has 112 valence electrons.